The number of hydrogen-bond donors (Lipinski definition) is 0. The molecule has 0 saturated carbocycles. The predicted molar refractivity (Wildman–Crippen MR) is 39.5 cm³/mol. The van der Waals surface area contributed by atoms with Gasteiger partial charge in [0.15, 0.2) is 9.62 Å². The standard InChI is InChI=1S/C3Cl2NS.Mg.2H/c4-2-1-7-3(5)6-2;;;. The lowest BCUT2D eigenvalue weighted by Crippen LogP contribution is -1.55. The van der Waals surface area contributed by atoms with Crippen molar-refractivity contribution in [2.24, 2.45) is 0 Å². The molecule has 0 unspecified atom stereocenters. The predicted octanol–water partition coefficient (Wildman–Crippen LogP) is 1.33. The second-order valence-electron chi connectivity index (χ2n) is 0.860. The number of rotatable bonds is 0. The van der Waals surface area contributed by atoms with Gasteiger partial charge in [0.2, 0.25) is 0 Å². The van der Waals surface area contributed by atoms with Crippen molar-refractivity contribution in [2.45, 2.75) is 0 Å². The molecular weight excluding hydrogens is 177 g/mol. The van der Waals surface area contributed by atoms with Crippen LogP contribution in [0, 0.1) is 5.38 Å². The second-order valence-corrected chi connectivity index (χ2v) is 2.59. The van der Waals surface area contributed by atoms with E-state index >= 15 is 0 Å². The van der Waals surface area contributed by atoms with Crippen LogP contribution in [-0.2, 0) is 0 Å². The smallest absolute Gasteiger partial charge is 0.212 e. The highest BCUT2D eigenvalue weighted by molar-refractivity contribution is 7.13. The van der Waals surface area contributed by atoms with Gasteiger partial charge < -0.3 is 0 Å². The molecule has 0 aromatic carbocycles. The molecule has 0 bridgehead atoms. The molecule has 0 aliphatic rings. The van der Waals surface area contributed by atoms with Crippen molar-refractivity contribution in [1.82, 2.24) is 4.98 Å². The van der Waals surface area contributed by atoms with Gasteiger partial charge in [-0.05, 0) is 0 Å². The minimum Gasteiger partial charge on any atom is -0.212 e. The van der Waals surface area contributed by atoms with E-state index in [1.807, 2.05) is 0 Å². The van der Waals surface area contributed by atoms with Gasteiger partial charge in [0.1, 0.15) is 0 Å². The van der Waals surface area contributed by atoms with Crippen LogP contribution >= 0.6 is 34.5 Å². The Kier molecular flexibility index (Phi) is 4.38. The van der Waals surface area contributed by atoms with Crippen LogP contribution in [0.5, 0.6) is 0 Å². The highest BCUT2D eigenvalue weighted by Gasteiger charge is 1.91. The fourth-order valence-corrected chi connectivity index (χ4v) is 1.05. The van der Waals surface area contributed by atoms with Crippen LogP contribution in [-0.4, -0.2) is 28.0 Å². The molecule has 1 aromatic rings. The molecule has 1 aromatic heterocycles. The number of halogens is 2. The van der Waals surface area contributed by atoms with E-state index in [0.29, 0.717) is 9.62 Å². The third-order valence-corrected chi connectivity index (χ3v) is 1.57. The van der Waals surface area contributed by atoms with Crippen LogP contribution in [0.1, 0.15) is 0 Å². The van der Waals surface area contributed by atoms with E-state index in [4.69, 9.17) is 23.2 Å². The summed E-state index contributed by atoms with van der Waals surface area (Å²) in [4.78, 5) is 3.60. The van der Waals surface area contributed by atoms with Gasteiger partial charge in [-0.1, -0.05) is 34.5 Å². The molecule has 0 aliphatic carbocycles. The van der Waals surface area contributed by atoms with E-state index in [1.54, 1.807) is 0 Å². The minimum atomic E-state index is 0. The molecule has 0 spiro atoms. The Morgan fingerprint density at radius 2 is 2.12 bits per heavy atom. The first-order valence-corrected chi connectivity index (χ1v) is 3.06. The van der Waals surface area contributed by atoms with Crippen molar-refractivity contribution in [3.63, 3.8) is 0 Å². The zero-order chi connectivity index (χ0) is 5.28. The summed E-state index contributed by atoms with van der Waals surface area (Å²) < 4.78 is 0.435. The molecule has 1 nitrogen and oxygen atoms in total. The summed E-state index contributed by atoms with van der Waals surface area (Å²) in [6, 6.07) is 0. The Balaban J connectivity index is 0.000000490. The lowest BCUT2D eigenvalue weighted by atomic mass is 11.0. The summed E-state index contributed by atoms with van der Waals surface area (Å²) >= 11 is 11.9. The summed E-state index contributed by atoms with van der Waals surface area (Å²) in [5, 5.41) is 2.97. The Bertz CT molecular complexity index is 150. The molecule has 41 valence electrons. The molecule has 0 atom stereocenters. The SMILES string of the molecule is Clc1[c]sc(Cl)n1.[MgH2]. The summed E-state index contributed by atoms with van der Waals surface area (Å²) in [6.07, 6.45) is 0. The quantitative estimate of drug-likeness (QED) is 0.548. The van der Waals surface area contributed by atoms with Crippen molar-refractivity contribution < 1.29 is 0 Å². The van der Waals surface area contributed by atoms with Gasteiger partial charge in [-0.3, -0.25) is 0 Å². The van der Waals surface area contributed by atoms with Gasteiger partial charge in [0.25, 0.3) is 0 Å². The number of hydrogen-bond acceptors (Lipinski definition) is 2. The van der Waals surface area contributed by atoms with Gasteiger partial charge in [-0.15, -0.1) is 0 Å². The van der Waals surface area contributed by atoms with Crippen molar-refractivity contribution >= 4 is 57.6 Å². The summed E-state index contributed by atoms with van der Waals surface area (Å²) in [6.45, 7) is 0. The summed E-state index contributed by atoms with van der Waals surface area (Å²) in [5.41, 5.74) is 0. The Labute approximate surface area is 77.2 Å². The van der Waals surface area contributed by atoms with Crippen LogP contribution in [0.15, 0.2) is 0 Å². The highest BCUT2D eigenvalue weighted by Crippen LogP contribution is 2.16. The zero-order valence-corrected chi connectivity index (χ0v) is 5.44. The molecule has 0 amide bonds. The third kappa shape index (κ3) is 2.50. The van der Waals surface area contributed by atoms with Gasteiger partial charge in [-0.2, -0.15) is 0 Å². The highest BCUT2D eigenvalue weighted by atomic mass is 35.5. The molecular formula is C3H2Cl2MgNS. The van der Waals surface area contributed by atoms with Crippen LogP contribution in [0.3, 0.4) is 0 Å². The van der Waals surface area contributed by atoms with E-state index in [1.165, 1.54) is 11.3 Å². The normalized spacial score (nSPS) is 8.25. The van der Waals surface area contributed by atoms with Crippen molar-refractivity contribution in [2.75, 3.05) is 0 Å². The van der Waals surface area contributed by atoms with Gasteiger partial charge in [0.05, 0.1) is 5.38 Å². The van der Waals surface area contributed by atoms with Crippen molar-refractivity contribution in [3.8, 4) is 0 Å². The largest absolute Gasteiger partial charge is 0.316 e. The van der Waals surface area contributed by atoms with Crippen LogP contribution < -0.4 is 0 Å². The van der Waals surface area contributed by atoms with Crippen LogP contribution in [0.4, 0.5) is 0 Å². The maximum atomic E-state index is 5.35. The molecule has 1 heterocycles. The molecule has 5 heteroatoms. The molecule has 0 saturated heterocycles. The van der Waals surface area contributed by atoms with Gasteiger partial charge in [-0.25, -0.2) is 4.98 Å². The first kappa shape index (κ1) is 8.98. The maximum Gasteiger partial charge on any atom is 0.316 e. The van der Waals surface area contributed by atoms with Gasteiger partial charge >= 0.3 is 23.1 Å². The van der Waals surface area contributed by atoms with E-state index in [-0.39, 0.29) is 23.1 Å². The average molecular weight is 179 g/mol. The first-order valence-electron chi connectivity index (χ1n) is 1.48. The fraction of sp³-hybridized carbons (Fsp3) is 0. The topological polar surface area (TPSA) is 12.9 Å². The lowest BCUT2D eigenvalue weighted by molar-refractivity contribution is 1.42. The fourth-order valence-electron chi connectivity index (χ4n) is 0.207. The summed E-state index contributed by atoms with van der Waals surface area (Å²) in [7, 11) is 0. The average Bonchev–Trinajstić information content (AvgIpc) is 1.87. The van der Waals surface area contributed by atoms with Crippen LogP contribution in [0.2, 0.25) is 9.62 Å². The van der Waals surface area contributed by atoms with E-state index < -0.39 is 0 Å². The summed E-state index contributed by atoms with van der Waals surface area (Å²) in [5.74, 6) is 0. The second kappa shape index (κ2) is 3.90. The van der Waals surface area contributed by atoms with E-state index in [0.717, 1.165) is 0 Å². The third-order valence-electron chi connectivity index (χ3n) is 0.406. The van der Waals surface area contributed by atoms with Crippen molar-refractivity contribution in [3.05, 3.63) is 15.0 Å². The number of nitrogens with zero attached hydrogens (tertiary/aromatic N) is 1. The Morgan fingerprint density at radius 1 is 1.50 bits per heavy atom. The molecule has 0 fully saturated rings. The Hall–Kier alpha value is 0.976. The van der Waals surface area contributed by atoms with E-state index in [9.17, 15) is 0 Å². The number of thiazole rings is 1. The zero-order valence-electron chi connectivity index (χ0n) is 3.11. The molecule has 8 heavy (non-hydrogen) atoms. The Morgan fingerprint density at radius 3 is 2.25 bits per heavy atom. The van der Waals surface area contributed by atoms with E-state index in [2.05, 4.69) is 10.4 Å². The first-order chi connectivity index (χ1) is 3.29. The molecule has 0 N–H and O–H groups in total. The molecule has 1 radical (unpaired) electrons. The monoisotopic (exact) mass is 178 g/mol. The van der Waals surface area contributed by atoms with Crippen molar-refractivity contribution in [1.29, 1.82) is 0 Å². The minimum absolute atomic E-state index is 0. The number of aromatic nitrogens is 1. The maximum absolute atomic E-state index is 5.35. The molecule has 0 aliphatic heterocycles. The molecule has 1 rings (SSSR count). The van der Waals surface area contributed by atoms with Crippen LogP contribution in [0.25, 0.3) is 0 Å². The lowest BCUT2D eigenvalue weighted by Gasteiger charge is -1.65. The van der Waals surface area contributed by atoms with Gasteiger partial charge in [0, 0.05) is 0 Å².